The molecular weight excluding hydrogens is 407 g/mol. The fourth-order valence-electron chi connectivity index (χ4n) is 3.69. The van der Waals surface area contributed by atoms with Crippen LogP contribution in [0.4, 0.5) is 24.9 Å². The number of aryl methyl sites for hydroxylation is 1. The fraction of sp³-hybridized carbons (Fsp3) is 0.500. The zero-order chi connectivity index (χ0) is 22.6. The molecule has 1 aliphatic rings. The van der Waals surface area contributed by atoms with Crippen LogP contribution in [0.2, 0.25) is 0 Å². The molecule has 0 atom stereocenters. The Bertz CT molecular complexity index is 891. The molecule has 9 heteroatoms. The van der Waals surface area contributed by atoms with Gasteiger partial charge in [0.1, 0.15) is 5.82 Å². The first-order valence-electron chi connectivity index (χ1n) is 10.4. The van der Waals surface area contributed by atoms with E-state index in [9.17, 15) is 18.0 Å². The Morgan fingerprint density at radius 2 is 1.74 bits per heavy atom. The number of hydrogen-bond donors (Lipinski definition) is 2. The summed E-state index contributed by atoms with van der Waals surface area (Å²) in [6.45, 7) is 2.45. The van der Waals surface area contributed by atoms with Crippen LogP contribution in [0, 0.1) is 12.8 Å². The smallest absolute Gasteiger partial charge is 0.363 e. The summed E-state index contributed by atoms with van der Waals surface area (Å²) >= 11 is 0. The highest BCUT2D eigenvalue weighted by Gasteiger charge is 2.30. The first-order valence-corrected chi connectivity index (χ1v) is 10.4. The molecule has 168 valence electrons. The molecule has 0 saturated heterocycles. The predicted octanol–water partition coefficient (Wildman–Crippen LogP) is 4.27. The monoisotopic (exact) mass is 435 g/mol. The van der Waals surface area contributed by atoms with Gasteiger partial charge in [-0.3, -0.25) is 4.79 Å². The van der Waals surface area contributed by atoms with Gasteiger partial charge in [0.2, 0.25) is 5.95 Å². The van der Waals surface area contributed by atoms with E-state index in [0.29, 0.717) is 18.4 Å². The molecule has 1 heterocycles. The Balaban J connectivity index is 1.46. The Morgan fingerprint density at radius 3 is 2.32 bits per heavy atom. The van der Waals surface area contributed by atoms with Crippen LogP contribution in [0.5, 0.6) is 0 Å². The van der Waals surface area contributed by atoms with Crippen LogP contribution < -0.4 is 15.5 Å². The number of nitrogens with one attached hydrogen (secondary N) is 2. The molecule has 0 radical (unpaired) electrons. The van der Waals surface area contributed by atoms with Crippen molar-refractivity contribution in [1.29, 1.82) is 0 Å². The summed E-state index contributed by atoms with van der Waals surface area (Å²) in [5, 5.41) is 6.27. The van der Waals surface area contributed by atoms with Gasteiger partial charge in [0.25, 0.3) is 5.91 Å². The number of carbonyl (C=O) groups excluding carboxylic acids is 1. The molecule has 6 nitrogen and oxygen atoms in total. The number of alkyl halides is 3. The molecule has 1 aliphatic carbocycles. The van der Waals surface area contributed by atoms with E-state index in [1.54, 1.807) is 0 Å². The first kappa shape index (κ1) is 22.8. The minimum Gasteiger partial charge on any atom is -0.363 e. The standard InChI is InChI=1S/C22H28F3N5O/c1-14-12-19(30(2)3)29-21(27-14)28-18-10-4-15(5-11-18)13-26-20(31)16-6-8-17(9-7-16)22(23,24)25/h6-9,12,15,18H,4-5,10-11,13H2,1-3H3,(H,26,31)(H,27,28,29)/t15-,18+. The molecule has 0 bridgehead atoms. The lowest BCUT2D eigenvalue weighted by atomic mass is 9.86. The van der Waals surface area contributed by atoms with E-state index in [1.807, 2.05) is 32.0 Å². The van der Waals surface area contributed by atoms with E-state index < -0.39 is 11.7 Å². The topological polar surface area (TPSA) is 70.2 Å². The Labute approximate surface area is 180 Å². The Hall–Kier alpha value is -2.84. The van der Waals surface area contributed by atoms with Crippen LogP contribution in [0.25, 0.3) is 0 Å². The number of anilines is 2. The number of rotatable bonds is 6. The van der Waals surface area contributed by atoms with Gasteiger partial charge in [-0.25, -0.2) is 4.98 Å². The lowest BCUT2D eigenvalue weighted by molar-refractivity contribution is -0.137. The number of hydrogen-bond acceptors (Lipinski definition) is 5. The van der Waals surface area contributed by atoms with Crippen molar-refractivity contribution in [2.24, 2.45) is 5.92 Å². The minimum atomic E-state index is -4.40. The average molecular weight is 435 g/mol. The fourth-order valence-corrected chi connectivity index (χ4v) is 3.69. The molecule has 0 spiro atoms. The molecule has 1 aromatic heterocycles. The van der Waals surface area contributed by atoms with Crippen LogP contribution in [-0.4, -0.2) is 42.6 Å². The molecule has 1 fully saturated rings. The van der Waals surface area contributed by atoms with Crippen molar-refractivity contribution in [3.05, 3.63) is 47.2 Å². The van der Waals surface area contributed by atoms with Crippen LogP contribution in [0.15, 0.2) is 30.3 Å². The molecule has 1 saturated carbocycles. The van der Waals surface area contributed by atoms with Gasteiger partial charge in [-0.05, 0) is 62.8 Å². The summed E-state index contributed by atoms with van der Waals surface area (Å²) in [4.78, 5) is 23.2. The second-order valence-corrected chi connectivity index (χ2v) is 8.23. The molecule has 31 heavy (non-hydrogen) atoms. The molecule has 0 unspecified atom stereocenters. The maximum atomic E-state index is 12.6. The zero-order valence-electron chi connectivity index (χ0n) is 18.0. The molecule has 0 aliphatic heterocycles. The van der Waals surface area contributed by atoms with E-state index in [1.165, 1.54) is 12.1 Å². The maximum Gasteiger partial charge on any atom is 0.416 e. The minimum absolute atomic E-state index is 0.233. The van der Waals surface area contributed by atoms with Crippen molar-refractivity contribution in [3.8, 4) is 0 Å². The predicted molar refractivity (Wildman–Crippen MR) is 114 cm³/mol. The van der Waals surface area contributed by atoms with Gasteiger partial charge in [0.05, 0.1) is 5.56 Å². The highest BCUT2D eigenvalue weighted by Crippen LogP contribution is 2.29. The van der Waals surface area contributed by atoms with Gasteiger partial charge in [0, 0.05) is 44.0 Å². The SMILES string of the molecule is Cc1cc(N(C)C)nc(N[C@H]2CC[C@@H](CNC(=O)c3ccc(C(F)(F)F)cc3)CC2)n1. The largest absolute Gasteiger partial charge is 0.416 e. The second kappa shape index (κ2) is 9.53. The van der Waals surface area contributed by atoms with Crippen LogP contribution in [0.3, 0.4) is 0 Å². The lowest BCUT2D eigenvalue weighted by Crippen LogP contribution is -2.34. The lowest BCUT2D eigenvalue weighted by Gasteiger charge is -2.29. The van der Waals surface area contributed by atoms with Gasteiger partial charge in [-0.1, -0.05) is 0 Å². The number of benzene rings is 1. The zero-order valence-corrected chi connectivity index (χ0v) is 18.0. The van der Waals surface area contributed by atoms with E-state index in [0.717, 1.165) is 49.3 Å². The van der Waals surface area contributed by atoms with Gasteiger partial charge < -0.3 is 15.5 Å². The molecule has 2 N–H and O–H groups in total. The molecule has 1 amide bonds. The van der Waals surface area contributed by atoms with Gasteiger partial charge in [-0.15, -0.1) is 0 Å². The van der Waals surface area contributed by atoms with E-state index in [4.69, 9.17) is 0 Å². The molecular formula is C22H28F3N5O. The number of amides is 1. The molecule has 3 rings (SSSR count). The third kappa shape index (κ3) is 6.32. The summed E-state index contributed by atoms with van der Waals surface area (Å²) in [5.74, 6) is 1.47. The van der Waals surface area contributed by atoms with Crippen molar-refractivity contribution in [2.75, 3.05) is 30.9 Å². The summed E-state index contributed by atoms with van der Waals surface area (Å²) in [6, 6.07) is 6.49. The number of carbonyl (C=O) groups is 1. The van der Waals surface area contributed by atoms with E-state index >= 15 is 0 Å². The van der Waals surface area contributed by atoms with Crippen LogP contribution in [-0.2, 0) is 6.18 Å². The van der Waals surface area contributed by atoms with E-state index in [-0.39, 0.29) is 17.5 Å². The molecule has 2 aromatic rings. The van der Waals surface area contributed by atoms with E-state index in [2.05, 4.69) is 20.6 Å². The third-order valence-electron chi connectivity index (χ3n) is 5.50. The summed E-state index contributed by atoms with van der Waals surface area (Å²) in [6.07, 6.45) is -0.640. The summed E-state index contributed by atoms with van der Waals surface area (Å²) in [7, 11) is 3.88. The quantitative estimate of drug-likeness (QED) is 0.709. The van der Waals surface area contributed by atoms with Gasteiger partial charge >= 0.3 is 6.18 Å². The second-order valence-electron chi connectivity index (χ2n) is 8.23. The summed E-state index contributed by atoms with van der Waals surface area (Å²) < 4.78 is 37.9. The number of halogens is 3. The van der Waals surface area contributed by atoms with Crippen molar-refractivity contribution in [2.45, 2.75) is 44.8 Å². The van der Waals surface area contributed by atoms with Gasteiger partial charge in [-0.2, -0.15) is 18.2 Å². The van der Waals surface area contributed by atoms with Crippen LogP contribution in [0.1, 0.15) is 47.3 Å². The van der Waals surface area contributed by atoms with Crippen LogP contribution >= 0.6 is 0 Å². The van der Waals surface area contributed by atoms with Crippen molar-refractivity contribution in [1.82, 2.24) is 15.3 Å². The third-order valence-corrected chi connectivity index (χ3v) is 5.50. The molecule has 1 aromatic carbocycles. The maximum absolute atomic E-state index is 12.6. The average Bonchev–Trinajstić information content (AvgIpc) is 2.72. The summed E-state index contributed by atoms with van der Waals surface area (Å²) in [5.41, 5.74) is 0.377. The Morgan fingerprint density at radius 1 is 1.10 bits per heavy atom. The number of nitrogens with zero attached hydrogens (tertiary/aromatic N) is 3. The first-order chi connectivity index (χ1) is 14.6. The van der Waals surface area contributed by atoms with Crippen molar-refractivity contribution >= 4 is 17.7 Å². The highest BCUT2D eigenvalue weighted by atomic mass is 19.4. The number of aromatic nitrogens is 2. The van der Waals surface area contributed by atoms with Crippen molar-refractivity contribution in [3.63, 3.8) is 0 Å². The van der Waals surface area contributed by atoms with Gasteiger partial charge in [0.15, 0.2) is 0 Å². The van der Waals surface area contributed by atoms with Crippen molar-refractivity contribution < 1.29 is 18.0 Å². The highest BCUT2D eigenvalue weighted by molar-refractivity contribution is 5.94. The normalized spacial score (nSPS) is 19.0. The Kier molecular flexibility index (Phi) is 7.02.